The van der Waals surface area contributed by atoms with Gasteiger partial charge in [0.15, 0.2) is 0 Å². The first-order valence-corrected chi connectivity index (χ1v) is 8.73. The maximum absolute atomic E-state index is 11.8. The van der Waals surface area contributed by atoms with E-state index in [0.717, 1.165) is 0 Å². The SMILES string of the molecule is COc1ccc(Cl)c(C(=O)NCC[As](O)C=O)c1. The van der Waals surface area contributed by atoms with Gasteiger partial charge in [-0.2, -0.15) is 0 Å². The molecule has 1 rings (SSSR count). The number of hydrogen-bond donors (Lipinski definition) is 2. The van der Waals surface area contributed by atoms with Crippen LogP contribution in [0.3, 0.4) is 0 Å². The number of ether oxygens (including phenoxy) is 1. The molecule has 0 saturated carbocycles. The van der Waals surface area contributed by atoms with Crippen LogP contribution in [-0.4, -0.2) is 43.7 Å². The van der Waals surface area contributed by atoms with Gasteiger partial charge in [0, 0.05) is 0 Å². The third-order valence-electron chi connectivity index (χ3n) is 2.17. The van der Waals surface area contributed by atoms with Crippen LogP contribution in [0.25, 0.3) is 0 Å². The van der Waals surface area contributed by atoms with Gasteiger partial charge in [-0.15, -0.1) is 0 Å². The zero-order valence-electron chi connectivity index (χ0n) is 9.72. The van der Waals surface area contributed by atoms with E-state index in [4.69, 9.17) is 20.4 Å². The van der Waals surface area contributed by atoms with Crippen molar-refractivity contribution in [2.45, 2.75) is 5.21 Å². The Hall–Kier alpha value is -1.03. The Morgan fingerprint density at radius 3 is 2.94 bits per heavy atom. The van der Waals surface area contributed by atoms with Crippen LogP contribution < -0.4 is 10.1 Å². The van der Waals surface area contributed by atoms with Crippen LogP contribution in [0.2, 0.25) is 10.2 Å². The van der Waals surface area contributed by atoms with Crippen LogP contribution in [0.4, 0.5) is 0 Å². The molecule has 1 aromatic rings. The molecule has 0 aliphatic rings. The quantitative estimate of drug-likeness (QED) is 0.597. The molecule has 0 fully saturated rings. The van der Waals surface area contributed by atoms with E-state index in [1.54, 1.807) is 12.1 Å². The summed E-state index contributed by atoms with van der Waals surface area (Å²) in [4.78, 5) is 22.1. The first-order chi connectivity index (χ1) is 8.58. The summed E-state index contributed by atoms with van der Waals surface area (Å²) in [5.41, 5.74) is 0.305. The van der Waals surface area contributed by atoms with E-state index in [2.05, 4.69) is 5.32 Å². The van der Waals surface area contributed by atoms with Crippen molar-refractivity contribution in [3.05, 3.63) is 28.8 Å². The molecule has 0 saturated heterocycles. The molecule has 5 nitrogen and oxygen atoms in total. The molecule has 0 aliphatic heterocycles. The second-order valence-electron chi connectivity index (χ2n) is 3.37. The van der Waals surface area contributed by atoms with Crippen LogP contribution >= 0.6 is 11.6 Å². The van der Waals surface area contributed by atoms with Gasteiger partial charge in [0.2, 0.25) is 0 Å². The molecule has 1 amide bonds. The Morgan fingerprint density at radius 2 is 2.33 bits per heavy atom. The normalized spacial score (nSPS) is 11.7. The number of halogens is 1. The molecule has 0 spiro atoms. The number of nitrogens with one attached hydrogen (secondary N) is 1. The summed E-state index contributed by atoms with van der Waals surface area (Å²) in [5, 5.41) is 3.79. The van der Waals surface area contributed by atoms with E-state index >= 15 is 0 Å². The van der Waals surface area contributed by atoms with Gasteiger partial charge in [-0.3, -0.25) is 0 Å². The Kier molecular flexibility index (Phi) is 6.19. The molecule has 0 radical (unpaired) electrons. The zero-order chi connectivity index (χ0) is 13.5. The first-order valence-electron chi connectivity index (χ1n) is 5.11. The van der Waals surface area contributed by atoms with Crippen molar-refractivity contribution in [3.63, 3.8) is 0 Å². The Labute approximate surface area is 115 Å². The fourth-order valence-corrected chi connectivity index (χ4v) is 2.38. The van der Waals surface area contributed by atoms with Gasteiger partial charge in [0.25, 0.3) is 0 Å². The van der Waals surface area contributed by atoms with Gasteiger partial charge in [0.1, 0.15) is 0 Å². The Morgan fingerprint density at radius 1 is 1.61 bits per heavy atom. The van der Waals surface area contributed by atoms with Gasteiger partial charge in [-0.05, 0) is 0 Å². The summed E-state index contributed by atoms with van der Waals surface area (Å²) in [6.07, 6.45) is 0. The second-order valence-corrected chi connectivity index (χ2v) is 7.00. The van der Waals surface area contributed by atoms with E-state index in [9.17, 15) is 9.59 Å². The van der Waals surface area contributed by atoms with Crippen LogP contribution in [0.15, 0.2) is 18.2 Å². The Balaban J connectivity index is 2.63. The third kappa shape index (κ3) is 4.33. The molecule has 1 atom stereocenters. The van der Waals surface area contributed by atoms with E-state index in [0.29, 0.717) is 26.6 Å². The molecule has 7 heteroatoms. The number of benzene rings is 1. The monoisotopic (exact) mass is 333 g/mol. The number of amides is 1. The van der Waals surface area contributed by atoms with Gasteiger partial charge >= 0.3 is 115 Å². The van der Waals surface area contributed by atoms with Crippen molar-refractivity contribution >= 4 is 37.6 Å². The average Bonchev–Trinajstić information content (AvgIpc) is 2.38. The standard InChI is InChI=1S/C11H13AsClNO4/c1-18-8-2-3-10(13)9(6-8)11(16)14-5-4-12(17)7-15/h2-3,6-7,17H,4-5H2,1H3,(H,14,16). The first kappa shape index (κ1) is 15.0. The molecular formula is C11H13AsClNO4. The van der Waals surface area contributed by atoms with Crippen molar-refractivity contribution in [2.24, 2.45) is 0 Å². The average molecular weight is 334 g/mol. The van der Waals surface area contributed by atoms with E-state index in [-0.39, 0.29) is 12.5 Å². The van der Waals surface area contributed by atoms with Crippen molar-refractivity contribution in [1.29, 1.82) is 0 Å². The fraction of sp³-hybridized carbons (Fsp3) is 0.273. The minimum atomic E-state index is -2.38. The number of carbonyl (C=O) groups excluding carboxylic acids is 2. The van der Waals surface area contributed by atoms with Crippen molar-refractivity contribution < 1.29 is 18.4 Å². The summed E-state index contributed by atoms with van der Waals surface area (Å²) in [6, 6.07) is 4.76. The molecule has 98 valence electrons. The summed E-state index contributed by atoms with van der Waals surface area (Å²) in [6.45, 7) is 0.252. The zero-order valence-corrected chi connectivity index (χ0v) is 12.4. The van der Waals surface area contributed by atoms with Crippen LogP contribution in [-0.2, 0) is 4.79 Å². The van der Waals surface area contributed by atoms with Crippen molar-refractivity contribution in [2.75, 3.05) is 13.7 Å². The van der Waals surface area contributed by atoms with Crippen molar-refractivity contribution in [1.82, 2.24) is 5.32 Å². The molecule has 1 aromatic carbocycles. The van der Waals surface area contributed by atoms with Gasteiger partial charge < -0.3 is 0 Å². The predicted molar refractivity (Wildman–Crippen MR) is 69.9 cm³/mol. The number of hydrogen-bond acceptors (Lipinski definition) is 4. The third-order valence-corrected chi connectivity index (χ3v) is 4.44. The second kappa shape index (κ2) is 7.41. The number of rotatable bonds is 6. The van der Waals surface area contributed by atoms with E-state index < -0.39 is 15.0 Å². The van der Waals surface area contributed by atoms with Gasteiger partial charge in [-0.1, -0.05) is 0 Å². The molecule has 0 aromatic heterocycles. The molecule has 0 bridgehead atoms. The van der Waals surface area contributed by atoms with Crippen LogP contribution in [0.1, 0.15) is 10.4 Å². The fourth-order valence-electron chi connectivity index (χ4n) is 1.24. The number of carbonyl (C=O) groups is 2. The summed E-state index contributed by atoms with van der Waals surface area (Å²) in [7, 11) is 1.50. The molecular weight excluding hydrogens is 320 g/mol. The predicted octanol–water partition coefficient (Wildman–Crippen LogP) is 0.834. The maximum atomic E-state index is 11.8. The summed E-state index contributed by atoms with van der Waals surface area (Å²) in [5.74, 6) is 0.180. The Bertz CT molecular complexity index is 441. The molecule has 18 heavy (non-hydrogen) atoms. The van der Waals surface area contributed by atoms with Crippen LogP contribution in [0, 0.1) is 0 Å². The topological polar surface area (TPSA) is 75.6 Å². The minimum absolute atomic E-state index is 0.252. The summed E-state index contributed by atoms with van der Waals surface area (Å²) < 4.78 is 14.2. The molecule has 2 N–H and O–H groups in total. The molecule has 1 unspecified atom stereocenters. The number of methoxy groups -OCH3 is 1. The van der Waals surface area contributed by atoms with E-state index in [1.807, 2.05) is 0 Å². The molecule has 0 aliphatic carbocycles. The molecule has 0 heterocycles. The van der Waals surface area contributed by atoms with Gasteiger partial charge in [0.05, 0.1) is 0 Å². The van der Waals surface area contributed by atoms with Crippen LogP contribution in [0.5, 0.6) is 5.75 Å². The van der Waals surface area contributed by atoms with Crippen molar-refractivity contribution in [3.8, 4) is 5.75 Å². The van der Waals surface area contributed by atoms with E-state index in [1.165, 1.54) is 13.2 Å². The van der Waals surface area contributed by atoms with Gasteiger partial charge in [-0.25, -0.2) is 0 Å². The summed E-state index contributed by atoms with van der Waals surface area (Å²) >= 11 is 3.53.